The Morgan fingerprint density at radius 2 is 1.33 bits per heavy atom. The molecule has 0 amide bonds. The second-order valence-electron chi connectivity index (χ2n) is 1.97. The fraction of sp³-hybridized carbons (Fsp3) is 0.400. The molecule has 0 fully saturated rings. The van der Waals surface area contributed by atoms with Crippen LogP contribution in [0.15, 0.2) is 11.7 Å². The molecule has 15 heavy (non-hydrogen) atoms. The van der Waals surface area contributed by atoms with E-state index in [1.807, 2.05) is 0 Å². The van der Waals surface area contributed by atoms with Gasteiger partial charge in [0.25, 0.3) is 6.08 Å². The average molecular weight is 244 g/mol. The van der Waals surface area contributed by atoms with Crippen LogP contribution in [0.4, 0.5) is 35.1 Å². The highest BCUT2D eigenvalue weighted by Gasteiger charge is 2.48. The van der Waals surface area contributed by atoms with Crippen LogP contribution in [0.1, 0.15) is 0 Å². The number of halogens is 8. The lowest BCUT2D eigenvalue weighted by Crippen LogP contribution is -2.28. The molecule has 0 unspecified atom stereocenters. The zero-order valence-electron chi connectivity index (χ0n) is 6.34. The monoisotopic (exact) mass is 244 g/mol. The van der Waals surface area contributed by atoms with Gasteiger partial charge in [0.2, 0.25) is 5.57 Å². The van der Waals surface area contributed by atoms with Gasteiger partial charge in [-0.25, -0.2) is 4.79 Å². The maximum absolute atomic E-state index is 11.6. The quantitative estimate of drug-likeness (QED) is 0.402. The van der Waals surface area contributed by atoms with Gasteiger partial charge in [-0.05, 0) is 0 Å². The van der Waals surface area contributed by atoms with Crippen LogP contribution in [0.25, 0.3) is 0 Å². The fourth-order valence-electron chi connectivity index (χ4n) is 0.456. The lowest BCUT2D eigenvalue weighted by atomic mass is 10.3. The summed E-state index contributed by atoms with van der Waals surface area (Å²) in [5.74, 6) is -3.20. The van der Waals surface area contributed by atoms with Crippen molar-refractivity contribution in [3.05, 3.63) is 11.7 Å². The van der Waals surface area contributed by atoms with Crippen molar-refractivity contribution < 1.29 is 44.7 Å². The van der Waals surface area contributed by atoms with E-state index in [1.54, 1.807) is 0 Å². The molecule has 0 aliphatic carbocycles. The van der Waals surface area contributed by atoms with Crippen molar-refractivity contribution in [2.45, 2.75) is 12.5 Å². The van der Waals surface area contributed by atoms with E-state index in [2.05, 4.69) is 4.74 Å². The highest BCUT2D eigenvalue weighted by atomic mass is 19.4. The molecule has 0 aliphatic heterocycles. The Morgan fingerprint density at radius 3 is 1.53 bits per heavy atom. The predicted octanol–water partition coefficient (Wildman–Crippen LogP) is 2.76. The third kappa shape index (κ3) is 4.61. The Kier molecular flexibility index (Phi) is 3.66. The van der Waals surface area contributed by atoms with Gasteiger partial charge in [0.05, 0.1) is 0 Å². The Balaban J connectivity index is 5.02. The minimum Gasteiger partial charge on any atom is -0.369 e. The van der Waals surface area contributed by atoms with Gasteiger partial charge in [-0.1, -0.05) is 0 Å². The van der Waals surface area contributed by atoms with Crippen molar-refractivity contribution in [3.63, 3.8) is 0 Å². The summed E-state index contributed by atoms with van der Waals surface area (Å²) in [4.78, 5) is 10.0. The first-order valence-electron chi connectivity index (χ1n) is 2.87. The van der Waals surface area contributed by atoms with Gasteiger partial charge in [0.1, 0.15) is 0 Å². The molecule has 0 N–H and O–H groups in total. The third-order valence-electron chi connectivity index (χ3n) is 0.885. The van der Waals surface area contributed by atoms with Crippen molar-refractivity contribution in [2.24, 2.45) is 0 Å². The number of rotatable bonds is 1. The number of ether oxygens (including phenoxy) is 1. The number of alkyl halides is 6. The molecule has 88 valence electrons. The number of hydrogen-bond acceptors (Lipinski definition) is 2. The van der Waals surface area contributed by atoms with Crippen molar-refractivity contribution in [2.75, 3.05) is 0 Å². The lowest BCUT2D eigenvalue weighted by molar-refractivity contribution is -0.305. The Labute approximate surface area is 76.1 Å². The third-order valence-corrected chi connectivity index (χ3v) is 0.885. The van der Waals surface area contributed by atoms with Gasteiger partial charge >= 0.3 is 18.5 Å². The highest BCUT2D eigenvalue weighted by molar-refractivity contribution is 5.90. The molecular formula is C5F8O2. The van der Waals surface area contributed by atoms with Crippen LogP contribution in [-0.4, -0.2) is 18.5 Å². The van der Waals surface area contributed by atoms with E-state index in [9.17, 15) is 39.9 Å². The van der Waals surface area contributed by atoms with E-state index in [-0.39, 0.29) is 0 Å². The minimum absolute atomic E-state index is 2.19. The Morgan fingerprint density at radius 1 is 0.933 bits per heavy atom. The Hall–Kier alpha value is -1.35. The zero-order chi connectivity index (χ0) is 12.4. The van der Waals surface area contributed by atoms with Gasteiger partial charge in [-0.15, -0.1) is 13.2 Å². The van der Waals surface area contributed by atoms with Crippen LogP contribution in [0.3, 0.4) is 0 Å². The first-order chi connectivity index (χ1) is 6.45. The van der Waals surface area contributed by atoms with Crippen LogP contribution in [-0.2, 0) is 9.53 Å². The van der Waals surface area contributed by atoms with E-state index < -0.39 is 30.2 Å². The number of hydrogen-bond donors (Lipinski definition) is 0. The van der Waals surface area contributed by atoms with Crippen molar-refractivity contribution in [1.82, 2.24) is 0 Å². The van der Waals surface area contributed by atoms with Crippen molar-refractivity contribution >= 4 is 5.97 Å². The second kappa shape index (κ2) is 4.03. The summed E-state index contributed by atoms with van der Waals surface area (Å²) < 4.78 is 93.7. The van der Waals surface area contributed by atoms with Crippen LogP contribution >= 0.6 is 0 Å². The molecule has 10 heteroatoms. The average Bonchev–Trinajstić information content (AvgIpc) is 1.74. The summed E-state index contributed by atoms with van der Waals surface area (Å²) in [5, 5.41) is 0. The molecule has 2 nitrogen and oxygen atoms in total. The summed E-state index contributed by atoms with van der Waals surface area (Å²) in [6, 6.07) is 0. The molecule has 0 heterocycles. The molecule has 0 aromatic heterocycles. The van der Waals surface area contributed by atoms with Gasteiger partial charge in [0, 0.05) is 0 Å². The molecule has 0 aromatic rings. The topological polar surface area (TPSA) is 26.3 Å². The molecular weight excluding hydrogens is 244 g/mol. The molecule has 0 saturated heterocycles. The van der Waals surface area contributed by atoms with Crippen molar-refractivity contribution in [1.29, 1.82) is 0 Å². The van der Waals surface area contributed by atoms with E-state index >= 15 is 0 Å². The Bertz CT molecular complexity index is 280. The zero-order valence-corrected chi connectivity index (χ0v) is 6.34. The van der Waals surface area contributed by atoms with Crippen LogP contribution < -0.4 is 0 Å². The van der Waals surface area contributed by atoms with Gasteiger partial charge < -0.3 is 4.74 Å². The summed E-state index contributed by atoms with van der Waals surface area (Å²) in [5.41, 5.74) is -3.28. The normalized spacial score (nSPS) is 12.3. The smallest absolute Gasteiger partial charge is 0.369 e. The molecule has 0 bridgehead atoms. The summed E-state index contributed by atoms with van der Waals surface area (Å²) in [6.07, 6.45) is -15.3. The first kappa shape index (κ1) is 13.7. The van der Waals surface area contributed by atoms with Gasteiger partial charge in [-0.3, -0.25) is 0 Å². The molecule has 0 radical (unpaired) electrons. The van der Waals surface area contributed by atoms with Crippen LogP contribution in [0, 0.1) is 0 Å². The number of carbonyl (C=O) groups is 1. The second-order valence-corrected chi connectivity index (χ2v) is 1.97. The fourth-order valence-corrected chi connectivity index (χ4v) is 0.456. The van der Waals surface area contributed by atoms with E-state index in [4.69, 9.17) is 0 Å². The summed E-state index contributed by atoms with van der Waals surface area (Å²) in [6.45, 7) is 0. The van der Waals surface area contributed by atoms with E-state index in [0.717, 1.165) is 0 Å². The standard InChI is InChI=1S/C5F8O2/c6-2(7)1(4(8,9)10)3(14)15-5(11,12)13. The first-order valence-corrected chi connectivity index (χ1v) is 2.87. The molecule has 0 rings (SSSR count). The summed E-state index contributed by atoms with van der Waals surface area (Å²) >= 11 is 0. The van der Waals surface area contributed by atoms with Crippen LogP contribution in [0.5, 0.6) is 0 Å². The predicted molar refractivity (Wildman–Crippen MR) is 27.4 cm³/mol. The van der Waals surface area contributed by atoms with Gasteiger partial charge in [0.15, 0.2) is 0 Å². The van der Waals surface area contributed by atoms with Gasteiger partial charge in [-0.2, -0.15) is 22.0 Å². The SMILES string of the molecule is O=C(OC(F)(F)F)C(=C(F)F)C(F)(F)F. The largest absolute Gasteiger partial charge is 0.575 e. The summed E-state index contributed by atoms with van der Waals surface area (Å²) in [7, 11) is 0. The van der Waals surface area contributed by atoms with Crippen LogP contribution in [0.2, 0.25) is 0 Å². The molecule has 0 aliphatic rings. The highest BCUT2D eigenvalue weighted by Crippen LogP contribution is 2.32. The van der Waals surface area contributed by atoms with E-state index in [1.165, 1.54) is 0 Å². The minimum atomic E-state index is -5.92. The van der Waals surface area contributed by atoms with Crippen molar-refractivity contribution in [3.8, 4) is 0 Å². The number of esters is 1. The maximum atomic E-state index is 11.6. The molecule has 0 aromatic carbocycles. The molecule has 0 atom stereocenters. The molecule has 0 spiro atoms. The van der Waals surface area contributed by atoms with E-state index in [0.29, 0.717) is 0 Å². The lowest BCUT2D eigenvalue weighted by Gasteiger charge is -2.11. The maximum Gasteiger partial charge on any atom is 0.575 e. The number of carbonyl (C=O) groups excluding carboxylic acids is 1. The molecule has 0 saturated carbocycles.